The molecule has 0 aliphatic rings. The van der Waals surface area contributed by atoms with E-state index >= 15 is 0 Å². The summed E-state index contributed by atoms with van der Waals surface area (Å²) in [4.78, 5) is 20.8. The number of carboxylic acids is 2. The van der Waals surface area contributed by atoms with E-state index in [-0.39, 0.29) is 10.5 Å². The molecule has 0 aliphatic carbocycles. The van der Waals surface area contributed by atoms with E-state index < -0.39 is 11.9 Å². The van der Waals surface area contributed by atoms with Gasteiger partial charge in [0.25, 0.3) is 0 Å². The average molecular weight is 1130 g/mol. The van der Waals surface area contributed by atoms with Crippen LogP contribution in [-0.2, 0) is 14.4 Å². The van der Waals surface area contributed by atoms with Crippen LogP contribution in [-0.4, -0.2) is 34.9 Å². The second kappa shape index (κ2) is 21.8. The van der Waals surface area contributed by atoms with Gasteiger partial charge in [-0.3, -0.25) is 0 Å². The zero-order valence-corrected chi connectivity index (χ0v) is 30.9. The van der Waals surface area contributed by atoms with E-state index in [4.69, 9.17) is 15.2 Å². The molecule has 15 heteroatoms. The van der Waals surface area contributed by atoms with Gasteiger partial charge in [0.05, 0.1) is 11.1 Å². The van der Waals surface area contributed by atoms with E-state index in [1.807, 2.05) is 0 Å². The molecule has 6 nitrogen and oxygen atoms in total. The molecule has 0 saturated heterocycles. The minimum atomic E-state index is -0.975. The predicted octanol–water partition coefficient (Wildman–Crippen LogP) is 7.48. The minimum absolute atomic E-state index is 0.227. The number of carboxylic acid groups (broad SMARTS) is 2. The molecule has 1 radical (unpaired) electrons. The van der Waals surface area contributed by atoms with Crippen molar-refractivity contribution in [3.05, 3.63) is 63.1 Å². The molecule has 31 heavy (non-hydrogen) atoms. The summed E-state index contributed by atoms with van der Waals surface area (Å²) in [6, 6.07) is 9.53. The Morgan fingerprint density at radius 2 is 1.35 bits per heavy atom. The number of hydrogen-bond acceptors (Lipinski definition) is 4. The van der Waals surface area contributed by atoms with Crippen molar-refractivity contribution in [3.63, 3.8) is 0 Å². The number of halogens is 6. The van der Waals surface area contributed by atoms with Crippen molar-refractivity contribution in [1.82, 2.24) is 0 Å². The zero-order chi connectivity index (χ0) is 24.6. The van der Waals surface area contributed by atoms with Crippen LogP contribution in [0.1, 0.15) is 31.8 Å². The second-order valence-electron chi connectivity index (χ2n) is 5.03. The number of aryl methyl sites for hydroxylation is 2. The number of carbonyl (C=O) groups is 2. The van der Waals surface area contributed by atoms with Crippen molar-refractivity contribution in [2.75, 3.05) is 0 Å². The van der Waals surface area contributed by atoms with Crippen molar-refractivity contribution in [2.45, 2.75) is 13.8 Å². The summed E-state index contributed by atoms with van der Waals surface area (Å²) in [7, 11) is 1.18. The van der Waals surface area contributed by atoms with Gasteiger partial charge in [-0.05, 0) is 61.4 Å². The van der Waals surface area contributed by atoms with Crippen LogP contribution in [0.3, 0.4) is 0 Å². The fourth-order valence-electron chi connectivity index (χ4n) is 1.88. The summed E-state index contributed by atoms with van der Waals surface area (Å²) in [5.74, 6) is -1.45. The third kappa shape index (κ3) is 19.4. The Kier molecular flexibility index (Phi) is 25.0. The Morgan fingerprint density at radius 3 is 1.68 bits per heavy atom. The van der Waals surface area contributed by atoms with Crippen LogP contribution >= 0.6 is 116 Å². The van der Waals surface area contributed by atoms with E-state index in [0.717, 1.165) is 10.0 Å². The molecule has 0 spiro atoms. The van der Waals surface area contributed by atoms with Gasteiger partial charge in [-0.2, -0.15) is 0 Å². The third-order valence-electron chi connectivity index (χ3n) is 3.04. The fourth-order valence-corrected chi connectivity index (χ4v) is 2.35. The van der Waals surface area contributed by atoms with Gasteiger partial charge >= 0.3 is 134 Å². The van der Waals surface area contributed by atoms with Crippen LogP contribution in [0, 0.1) is 13.8 Å². The first-order chi connectivity index (χ1) is 14.4. The van der Waals surface area contributed by atoms with Crippen molar-refractivity contribution in [1.29, 1.82) is 0 Å². The molecule has 0 aromatic heterocycles. The quantitative estimate of drug-likeness (QED) is 0.217. The van der Waals surface area contributed by atoms with Gasteiger partial charge in [0.15, 0.2) is 0 Å². The summed E-state index contributed by atoms with van der Waals surface area (Å²) >= 11 is 15.4. The topological polar surface area (TPSA) is 104 Å². The van der Waals surface area contributed by atoms with Crippen molar-refractivity contribution >= 4 is 135 Å². The molecule has 0 amide bonds. The van der Waals surface area contributed by atoms with Gasteiger partial charge in [0.1, 0.15) is 5.75 Å². The van der Waals surface area contributed by atoms with Crippen molar-refractivity contribution in [2.24, 2.45) is 0 Å². The van der Waals surface area contributed by atoms with Crippen molar-refractivity contribution < 1.29 is 43.9 Å². The van der Waals surface area contributed by atoms with Crippen LogP contribution in [0.15, 0.2) is 40.9 Å². The molecule has 2 aromatic rings. The van der Waals surface area contributed by atoms with Crippen LogP contribution in [0.4, 0.5) is 0 Å². The number of rotatable bonds is 4. The molecule has 0 heterocycles. The Balaban J connectivity index is 0. The first kappa shape index (κ1) is 35.7. The Labute approximate surface area is 257 Å². The van der Waals surface area contributed by atoms with E-state index in [0.29, 0.717) is 34.0 Å². The molecule has 0 bridgehead atoms. The molecule has 0 atom stereocenters. The van der Waals surface area contributed by atoms with Crippen molar-refractivity contribution in [3.8, 4) is 5.75 Å². The van der Waals surface area contributed by atoms with E-state index in [1.165, 1.54) is 18.2 Å². The molecule has 170 valence electrons. The number of benzene rings is 2. The first-order valence-electron chi connectivity index (χ1n) is 7.56. The normalized spacial score (nSPS) is 8.97. The molecule has 3 N–H and O–H groups in total. The summed E-state index contributed by atoms with van der Waals surface area (Å²) in [5, 5.41) is 25.7. The monoisotopic (exact) mass is 1130 g/mol. The van der Waals surface area contributed by atoms with Gasteiger partial charge in [0.2, 0.25) is 0 Å². The molecule has 2 aromatic carbocycles. The molecular weight excluding hydrogens is 1120 g/mol. The number of hydrogen-bond donors (Lipinski definition) is 3. The molecule has 0 fully saturated rings. The van der Waals surface area contributed by atoms with E-state index in [9.17, 15) is 9.59 Å². The van der Waals surface area contributed by atoms with Gasteiger partial charge in [0, 0.05) is 4.47 Å². The van der Waals surface area contributed by atoms with Crippen LogP contribution in [0.25, 0.3) is 0 Å². The van der Waals surface area contributed by atoms with Crippen LogP contribution < -0.4 is 4.65 Å². The maximum atomic E-state index is 10.6. The molecule has 0 unspecified atom stereocenters. The summed E-state index contributed by atoms with van der Waals surface area (Å²) in [6.45, 7) is 3.43. The molecular formula is C16H15BBrI5O6V2. The first-order valence-corrected chi connectivity index (χ1v) is 30.9. The Morgan fingerprint density at radius 1 is 0.968 bits per heavy atom. The van der Waals surface area contributed by atoms with Gasteiger partial charge < -0.3 is 19.9 Å². The summed E-state index contributed by atoms with van der Waals surface area (Å²) in [5.41, 5.74) is 1.94. The Bertz CT molecular complexity index is 832. The zero-order valence-electron chi connectivity index (χ0n) is 15.8. The van der Waals surface area contributed by atoms with Gasteiger partial charge in [-0.25, -0.2) is 9.59 Å². The van der Waals surface area contributed by atoms with Crippen LogP contribution in [0.2, 0.25) is 0 Å². The predicted molar refractivity (Wildman–Crippen MR) is 163 cm³/mol. The van der Waals surface area contributed by atoms with Gasteiger partial charge in [-0.1, -0.05) is 15.9 Å². The van der Waals surface area contributed by atoms with Gasteiger partial charge in [-0.15, -0.1) is 0 Å². The third-order valence-corrected chi connectivity index (χ3v) is 3.53. The molecule has 0 aliphatic heterocycles. The summed E-state index contributed by atoms with van der Waals surface area (Å²) < 4.78 is 5.56. The number of aromatic carboxylic acids is 2. The summed E-state index contributed by atoms with van der Waals surface area (Å²) in [6.07, 6.45) is 0. The molecule has 2 rings (SSSR count). The van der Waals surface area contributed by atoms with E-state index in [1.54, 1.807) is 32.0 Å². The maximum absolute atomic E-state index is 10.6. The average Bonchev–Trinajstić information content (AvgIpc) is 2.62. The van der Waals surface area contributed by atoms with Crippen LogP contribution in [0.5, 0.6) is 5.75 Å². The fraction of sp³-hybridized carbons (Fsp3) is 0.125. The Hall–Kier alpha value is 2.50. The second-order valence-corrected chi connectivity index (χ2v) is 53.1. The SMILES string of the molecule is Cc1cc(Br)ccc1C(=O)O.Cc1cc(O[B]O)ccc1C(=O)O.[I][V]([I])[I].[I][V][I]. The molecule has 0 saturated carbocycles. The van der Waals surface area contributed by atoms with E-state index in [2.05, 4.69) is 120 Å². The standard InChI is InChI=1S/C8H8BO4.C8H7BrO2.5HI.2V/c1-5-4-6(13-9-12)2-3-7(5)8(10)11;1-5-4-6(9)2-3-7(5)8(10)11;;;;;;;/h2-4,12H,1H3,(H,10,11);2-4H,1H3,(H,10,11);5*1H;;/q;;;;;;;+2;+3/p-5.